The third-order valence-electron chi connectivity index (χ3n) is 6.21. The zero-order chi connectivity index (χ0) is 25.7. The van der Waals surface area contributed by atoms with Gasteiger partial charge in [-0.1, -0.05) is 37.3 Å². The highest BCUT2D eigenvalue weighted by molar-refractivity contribution is 5.98. The van der Waals surface area contributed by atoms with Crippen LogP contribution in [0.2, 0.25) is 0 Å². The molecule has 4 rings (SSSR count). The lowest BCUT2D eigenvalue weighted by Gasteiger charge is -2.28. The molecule has 3 aromatic carbocycles. The van der Waals surface area contributed by atoms with Crippen LogP contribution in [0, 0.1) is 11.6 Å². The van der Waals surface area contributed by atoms with Crippen molar-refractivity contribution >= 4 is 16.8 Å². The number of aliphatic hydroxyl groups excluding tert-OH is 1. The molecule has 0 fully saturated rings. The minimum absolute atomic E-state index is 0.0424. The van der Waals surface area contributed by atoms with Crippen molar-refractivity contribution < 1.29 is 18.7 Å². The summed E-state index contributed by atoms with van der Waals surface area (Å²) in [7, 11) is 0. The van der Waals surface area contributed by atoms with E-state index < -0.39 is 23.8 Å². The van der Waals surface area contributed by atoms with Crippen molar-refractivity contribution in [2.24, 2.45) is 5.73 Å². The molecule has 0 radical (unpaired) electrons. The number of benzene rings is 3. The molecule has 7 heteroatoms. The van der Waals surface area contributed by atoms with Crippen LogP contribution in [0.15, 0.2) is 79.0 Å². The first kappa shape index (κ1) is 25.4. The van der Waals surface area contributed by atoms with Crippen LogP contribution in [0.4, 0.5) is 8.78 Å². The first-order chi connectivity index (χ1) is 17.3. The summed E-state index contributed by atoms with van der Waals surface area (Å²) in [6, 6.07) is 19.3. The fourth-order valence-electron chi connectivity index (χ4n) is 4.28. The Hall–Kier alpha value is -3.68. The first-order valence-electron chi connectivity index (χ1n) is 11.9. The molecular weight excluding hydrogens is 460 g/mol. The Morgan fingerprint density at radius 2 is 1.72 bits per heavy atom. The number of pyridine rings is 1. The Morgan fingerprint density at radius 3 is 2.47 bits per heavy atom. The SMILES string of the molecule is CCc1cccc(CN(CC(O)C(N)Cc2cc(F)cc(F)c2)C(=O)c2ccc3ncccc3c2)c1. The highest BCUT2D eigenvalue weighted by atomic mass is 19.1. The van der Waals surface area contributed by atoms with Gasteiger partial charge in [0.15, 0.2) is 0 Å². The van der Waals surface area contributed by atoms with E-state index in [0.29, 0.717) is 11.1 Å². The first-order valence-corrected chi connectivity index (χ1v) is 11.9. The summed E-state index contributed by atoms with van der Waals surface area (Å²) in [6.07, 6.45) is 1.50. The number of fused-ring (bicyclic) bond motifs is 1. The van der Waals surface area contributed by atoms with Gasteiger partial charge < -0.3 is 15.7 Å². The summed E-state index contributed by atoms with van der Waals surface area (Å²) in [5.74, 6) is -1.67. The highest BCUT2D eigenvalue weighted by Crippen LogP contribution is 2.19. The third kappa shape index (κ3) is 6.30. The number of carbonyl (C=O) groups is 1. The van der Waals surface area contributed by atoms with E-state index in [-0.39, 0.29) is 25.4 Å². The summed E-state index contributed by atoms with van der Waals surface area (Å²) in [4.78, 5) is 19.5. The smallest absolute Gasteiger partial charge is 0.254 e. The van der Waals surface area contributed by atoms with Crippen molar-refractivity contribution in [2.45, 2.75) is 38.5 Å². The Bertz CT molecular complexity index is 1340. The molecule has 5 nitrogen and oxygen atoms in total. The molecular formula is C29H29F2N3O2. The lowest BCUT2D eigenvalue weighted by Crippen LogP contribution is -2.46. The van der Waals surface area contributed by atoms with Crippen molar-refractivity contribution in [1.82, 2.24) is 9.88 Å². The molecule has 2 unspecified atom stereocenters. The minimum Gasteiger partial charge on any atom is -0.390 e. The molecule has 36 heavy (non-hydrogen) atoms. The molecule has 0 saturated carbocycles. The normalized spacial score (nSPS) is 12.9. The molecule has 0 saturated heterocycles. The van der Waals surface area contributed by atoms with Crippen molar-refractivity contribution in [3.63, 3.8) is 0 Å². The van der Waals surface area contributed by atoms with E-state index in [9.17, 15) is 18.7 Å². The van der Waals surface area contributed by atoms with E-state index in [1.807, 2.05) is 36.4 Å². The summed E-state index contributed by atoms with van der Waals surface area (Å²) in [6.45, 7) is 2.29. The van der Waals surface area contributed by atoms with Gasteiger partial charge in [0.1, 0.15) is 11.6 Å². The van der Waals surface area contributed by atoms with Crippen molar-refractivity contribution in [3.8, 4) is 0 Å². The van der Waals surface area contributed by atoms with E-state index in [2.05, 4.69) is 11.9 Å². The van der Waals surface area contributed by atoms with Crippen molar-refractivity contribution in [1.29, 1.82) is 0 Å². The summed E-state index contributed by atoms with van der Waals surface area (Å²) < 4.78 is 27.2. The Balaban J connectivity index is 1.58. The molecule has 4 aromatic rings. The van der Waals surface area contributed by atoms with Gasteiger partial charge in [-0.15, -0.1) is 0 Å². The second-order valence-corrected chi connectivity index (χ2v) is 8.98. The zero-order valence-electron chi connectivity index (χ0n) is 20.1. The van der Waals surface area contributed by atoms with E-state index in [1.54, 1.807) is 29.3 Å². The molecule has 2 atom stereocenters. The number of hydrogen-bond donors (Lipinski definition) is 2. The maximum Gasteiger partial charge on any atom is 0.254 e. The van der Waals surface area contributed by atoms with Gasteiger partial charge in [-0.2, -0.15) is 0 Å². The molecule has 3 N–H and O–H groups in total. The average molecular weight is 490 g/mol. The topological polar surface area (TPSA) is 79.5 Å². The van der Waals surface area contributed by atoms with Gasteiger partial charge in [0.05, 0.1) is 11.6 Å². The molecule has 0 aliphatic rings. The van der Waals surface area contributed by atoms with Crippen LogP contribution in [0.5, 0.6) is 0 Å². The van der Waals surface area contributed by atoms with E-state index in [4.69, 9.17) is 5.73 Å². The number of nitrogens with zero attached hydrogens (tertiary/aromatic N) is 2. The van der Waals surface area contributed by atoms with Gasteiger partial charge in [0.25, 0.3) is 5.91 Å². The summed E-state index contributed by atoms with van der Waals surface area (Å²) in [5.41, 5.74) is 9.87. The number of hydrogen-bond acceptors (Lipinski definition) is 4. The standard InChI is InChI=1S/C29H29F2N3O2/c1-2-19-5-3-6-20(11-19)17-34(29(36)23-8-9-27-22(15-23)7-4-10-33-27)18-28(35)26(32)14-21-12-24(30)16-25(31)13-21/h3-13,15-16,26,28,35H,2,14,17-18,32H2,1H3. The number of aryl methyl sites for hydroxylation is 1. The number of nitrogens with two attached hydrogens (primary N) is 1. The van der Waals surface area contributed by atoms with Gasteiger partial charge in [0, 0.05) is 42.3 Å². The van der Waals surface area contributed by atoms with Crippen LogP contribution in [-0.2, 0) is 19.4 Å². The van der Waals surface area contributed by atoms with Crippen LogP contribution in [0.1, 0.15) is 34.0 Å². The second-order valence-electron chi connectivity index (χ2n) is 8.98. The fraction of sp³-hybridized carbons (Fsp3) is 0.241. The summed E-state index contributed by atoms with van der Waals surface area (Å²) >= 11 is 0. The van der Waals surface area contributed by atoms with Crippen LogP contribution in [0.25, 0.3) is 10.9 Å². The van der Waals surface area contributed by atoms with E-state index in [1.165, 1.54) is 12.1 Å². The largest absolute Gasteiger partial charge is 0.390 e. The number of aromatic nitrogens is 1. The Kier molecular flexibility index (Phi) is 8.03. The van der Waals surface area contributed by atoms with Crippen LogP contribution in [-0.4, -0.2) is 39.6 Å². The Labute approximate surface area is 209 Å². The molecule has 1 amide bonds. The predicted molar refractivity (Wildman–Crippen MR) is 136 cm³/mol. The van der Waals surface area contributed by atoms with Gasteiger partial charge in [-0.05, 0) is 65.9 Å². The van der Waals surface area contributed by atoms with Gasteiger partial charge in [-0.25, -0.2) is 8.78 Å². The Morgan fingerprint density at radius 1 is 0.972 bits per heavy atom. The van der Waals surface area contributed by atoms with Crippen LogP contribution in [0.3, 0.4) is 0 Å². The lowest BCUT2D eigenvalue weighted by molar-refractivity contribution is 0.0554. The molecule has 0 aliphatic carbocycles. The average Bonchev–Trinajstić information content (AvgIpc) is 2.87. The van der Waals surface area contributed by atoms with Crippen molar-refractivity contribution in [3.05, 3.63) is 113 Å². The van der Waals surface area contributed by atoms with Gasteiger partial charge in [-0.3, -0.25) is 9.78 Å². The number of carbonyl (C=O) groups excluding carboxylic acids is 1. The zero-order valence-corrected chi connectivity index (χ0v) is 20.1. The van der Waals surface area contributed by atoms with E-state index in [0.717, 1.165) is 34.5 Å². The second kappa shape index (κ2) is 11.4. The number of aliphatic hydroxyl groups is 1. The monoisotopic (exact) mass is 489 g/mol. The molecule has 1 aromatic heterocycles. The number of rotatable bonds is 9. The quantitative estimate of drug-likeness (QED) is 0.359. The third-order valence-corrected chi connectivity index (χ3v) is 6.21. The van der Waals surface area contributed by atoms with E-state index >= 15 is 0 Å². The molecule has 1 heterocycles. The van der Waals surface area contributed by atoms with Crippen LogP contribution < -0.4 is 5.73 Å². The molecule has 0 bridgehead atoms. The molecule has 186 valence electrons. The number of halogens is 2. The summed E-state index contributed by atoms with van der Waals surface area (Å²) in [5, 5.41) is 11.8. The number of amides is 1. The minimum atomic E-state index is -1.11. The predicted octanol–water partition coefficient (Wildman–Crippen LogP) is 4.65. The van der Waals surface area contributed by atoms with Gasteiger partial charge >= 0.3 is 0 Å². The maximum atomic E-state index is 13.6. The molecule has 0 spiro atoms. The fourth-order valence-corrected chi connectivity index (χ4v) is 4.28. The highest BCUT2D eigenvalue weighted by Gasteiger charge is 2.24. The maximum absolute atomic E-state index is 13.6. The van der Waals surface area contributed by atoms with Gasteiger partial charge in [0.2, 0.25) is 0 Å². The van der Waals surface area contributed by atoms with Crippen LogP contribution >= 0.6 is 0 Å². The van der Waals surface area contributed by atoms with Crippen molar-refractivity contribution in [2.75, 3.05) is 6.54 Å². The lowest BCUT2D eigenvalue weighted by atomic mass is 10.0. The molecule has 0 aliphatic heterocycles.